The minimum Gasteiger partial charge on any atom is -0.496 e. The van der Waals surface area contributed by atoms with E-state index in [1.54, 1.807) is 7.11 Å². The molecule has 4 nitrogen and oxygen atoms in total. The molecule has 1 aliphatic rings. The summed E-state index contributed by atoms with van der Waals surface area (Å²) in [5, 5.41) is 3.64. The summed E-state index contributed by atoms with van der Waals surface area (Å²) in [7, 11) is 1.68. The van der Waals surface area contributed by atoms with Crippen molar-refractivity contribution < 1.29 is 14.3 Å². The highest BCUT2D eigenvalue weighted by Crippen LogP contribution is 2.54. The van der Waals surface area contributed by atoms with Gasteiger partial charge in [0.05, 0.1) is 13.2 Å². The Kier molecular flexibility index (Phi) is 4.46. The summed E-state index contributed by atoms with van der Waals surface area (Å²) in [5.74, 6) is 0.552. The van der Waals surface area contributed by atoms with Gasteiger partial charge in [0.1, 0.15) is 11.9 Å². The van der Waals surface area contributed by atoms with Gasteiger partial charge in [0.15, 0.2) is 0 Å². The highest BCUT2D eigenvalue weighted by molar-refractivity contribution is 5.68. The summed E-state index contributed by atoms with van der Waals surface area (Å²) in [6.07, 6.45) is -0.337. The van der Waals surface area contributed by atoms with Crippen LogP contribution in [0.5, 0.6) is 5.75 Å². The van der Waals surface area contributed by atoms with Crippen LogP contribution in [-0.4, -0.2) is 13.1 Å². The van der Waals surface area contributed by atoms with Crippen LogP contribution in [0.25, 0.3) is 0 Å². The predicted molar refractivity (Wildman–Crippen MR) is 98.8 cm³/mol. The minimum atomic E-state index is -0.360. The van der Waals surface area contributed by atoms with E-state index in [-0.39, 0.29) is 23.5 Å². The smallest absolute Gasteiger partial charge is 0.303 e. The summed E-state index contributed by atoms with van der Waals surface area (Å²) in [6, 6.07) is 14.1. The number of aryl methyl sites for hydroxylation is 1. The maximum Gasteiger partial charge on any atom is 0.303 e. The quantitative estimate of drug-likeness (QED) is 0.816. The number of esters is 1. The van der Waals surface area contributed by atoms with Crippen LogP contribution in [0.4, 0.5) is 5.69 Å². The average molecular weight is 339 g/mol. The van der Waals surface area contributed by atoms with E-state index in [1.807, 2.05) is 25.1 Å². The second-order valence-corrected chi connectivity index (χ2v) is 7.22. The lowest BCUT2D eigenvalue weighted by Gasteiger charge is -2.46. The van der Waals surface area contributed by atoms with Gasteiger partial charge in [-0.05, 0) is 19.1 Å². The number of nitrogens with one attached hydrogen (secondary N) is 1. The zero-order valence-electron chi connectivity index (χ0n) is 15.4. The maximum absolute atomic E-state index is 11.8. The van der Waals surface area contributed by atoms with Crippen molar-refractivity contribution in [1.82, 2.24) is 0 Å². The van der Waals surface area contributed by atoms with E-state index < -0.39 is 0 Å². The fourth-order valence-electron chi connectivity index (χ4n) is 3.69. The lowest BCUT2D eigenvalue weighted by Crippen LogP contribution is -2.40. The van der Waals surface area contributed by atoms with Gasteiger partial charge in [0.2, 0.25) is 0 Å². The van der Waals surface area contributed by atoms with Gasteiger partial charge < -0.3 is 14.8 Å². The summed E-state index contributed by atoms with van der Waals surface area (Å²) < 4.78 is 11.4. The van der Waals surface area contributed by atoms with Crippen LogP contribution < -0.4 is 10.1 Å². The van der Waals surface area contributed by atoms with E-state index in [0.29, 0.717) is 0 Å². The second kappa shape index (κ2) is 6.43. The molecule has 4 heteroatoms. The Morgan fingerprint density at radius 3 is 2.52 bits per heavy atom. The molecule has 1 N–H and O–H groups in total. The number of ether oxygens (including phenoxy) is 2. The van der Waals surface area contributed by atoms with E-state index in [2.05, 4.69) is 43.4 Å². The number of benzene rings is 2. The van der Waals surface area contributed by atoms with Gasteiger partial charge >= 0.3 is 5.97 Å². The molecule has 0 unspecified atom stereocenters. The molecule has 0 saturated heterocycles. The molecule has 1 heterocycles. The molecule has 0 spiro atoms. The fourth-order valence-corrected chi connectivity index (χ4v) is 3.69. The molecule has 0 aliphatic carbocycles. The number of carbonyl (C=O) groups is 1. The molecule has 0 saturated carbocycles. The minimum absolute atomic E-state index is 0.0526. The molecule has 0 amide bonds. The molecule has 0 aromatic heterocycles. The highest BCUT2D eigenvalue weighted by atomic mass is 16.5. The van der Waals surface area contributed by atoms with E-state index in [1.165, 1.54) is 6.92 Å². The van der Waals surface area contributed by atoms with Gasteiger partial charge in [0.25, 0.3) is 0 Å². The number of fused-ring (bicyclic) bond motifs is 1. The standard InChI is InChI=1S/C21H25NO3/c1-13-10-11-17-16(12-13)20(25-14(2)23)21(3,4)19(22-17)15-8-6-7-9-18(15)24-5/h6-12,19-20,22H,1-5H3/t19-,20+/m0/s1. The van der Waals surface area contributed by atoms with Gasteiger partial charge in [-0.25, -0.2) is 0 Å². The third-order valence-electron chi connectivity index (χ3n) is 4.94. The first-order chi connectivity index (χ1) is 11.8. The molecule has 0 bridgehead atoms. The number of carbonyl (C=O) groups excluding carboxylic acids is 1. The predicted octanol–water partition coefficient (Wildman–Crippen LogP) is 4.80. The molecule has 2 aromatic carbocycles. The van der Waals surface area contributed by atoms with E-state index in [0.717, 1.165) is 28.1 Å². The molecule has 2 atom stereocenters. The Bertz CT molecular complexity index is 797. The van der Waals surface area contributed by atoms with Crippen molar-refractivity contribution in [2.45, 2.75) is 39.8 Å². The van der Waals surface area contributed by atoms with E-state index in [4.69, 9.17) is 9.47 Å². The number of hydrogen-bond acceptors (Lipinski definition) is 4. The van der Waals surface area contributed by atoms with Crippen LogP contribution in [0, 0.1) is 12.3 Å². The number of para-hydroxylation sites is 1. The number of rotatable bonds is 3. The Morgan fingerprint density at radius 1 is 1.12 bits per heavy atom. The molecule has 25 heavy (non-hydrogen) atoms. The van der Waals surface area contributed by atoms with Crippen LogP contribution >= 0.6 is 0 Å². The molecule has 0 radical (unpaired) electrons. The third kappa shape index (κ3) is 3.09. The van der Waals surface area contributed by atoms with Crippen molar-refractivity contribution in [3.63, 3.8) is 0 Å². The summed E-state index contributed by atoms with van der Waals surface area (Å²) in [6.45, 7) is 7.75. The van der Waals surface area contributed by atoms with Gasteiger partial charge in [-0.2, -0.15) is 0 Å². The van der Waals surface area contributed by atoms with Crippen molar-refractivity contribution in [1.29, 1.82) is 0 Å². The SMILES string of the molecule is COc1ccccc1[C@@H]1Nc2ccc(C)cc2[C@@H](OC(C)=O)C1(C)C. The number of hydrogen-bond donors (Lipinski definition) is 1. The van der Waals surface area contributed by atoms with Crippen LogP contribution in [-0.2, 0) is 9.53 Å². The largest absolute Gasteiger partial charge is 0.496 e. The molecular formula is C21H25NO3. The van der Waals surface area contributed by atoms with Gasteiger partial charge in [-0.1, -0.05) is 49.7 Å². The van der Waals surface area contributed by atoms with Crippen LogP contribution in [0.3, 0.4) is 0 Å². The van der Waals surface area contributed by atoms with Gasteiger partial charge in [-0.3, -0.25) is 4.79 Å². The lowest BCUT2D eigenvalue weighted by molar-refractivity contribution is -0.154. The molecule has 2 aromatic rings. The first-order valence-corrected chi connectivity index (χ1v) is 8.52. The lowest BCUT2D eigenvalue weighted by atomic mass is 9.70. The van der Waals surface area contributed by atoms with Crippen LogP contribution in [0.1, 0.15) is 49.6 Å². The number of methoxy groups -OCH3 is 1. The van der Waals surface area contributed by atoms with Gasteiger partial charge in [-0.15, -0.1) is 0 Å². The average Bonchev–Trinajstić information content (AvgIpc) is 2.57. The molecule has 1 aliphatic heterocycles. The highest BCUT2D eigenvalue weighted by Gasteiger charge is 2.46. The zero-order valence-corrected chi connectivity index (χ0v) is 15.4. The van der Waals surface area contributed by atoms with Crippen molar-refractivity contribution in [2.24, 2.45) is 5.41 Å². The van der Waals surface area contributed by atoms with Crippen LogP contribution in [0.15, 0.2) is 42.5 Å². The maximum atomic E-state index is 11.8. The van der Waals surface area contributed by atoms with Crippen molar-refractivity contribution in [2.75, 3.05) is 12.4 Å². The van der Waals surface area contributed by atoms with E-state index in [9.17, 15) is 4.79 Å². The van der Waals surface area contributed by atoms with Crippen molar-refractivity contribution >= 4 is 11.7 Å². The first kappa shape index (κ1) is 17.3. The number of anilines is 1. The Hall–Kier alpha value is -2.49. The topological polar surface area (TPSA) is 47.6 Å². The second-order valence-electron chi connectivity index (χ2n) is 7.22. The van der Waals surface area contributed by atoms with Gasteiger partial charge in [0, 0.05) is 29.2 Å². The molecule has 0 fully saturated rings. The Labute approximate surface area is 149 Å². The molecular weight excluding hydrogens is 314 g/mol. The zero-order chi connectivity index (χ0) is 18.2. The summed E-state index contributed by atoms with van der Waals surface area (Å²) in [5.41, 5.74) is 3.85. The summed E-state index contributed by atoms with van der Waals surface area (Å²) in [4.78, 5) is 11.8. The normalized spacial score (nSPS) is 21.0. The monoisotopic (exact) mass is 339 g/mol. The fraction of sp³-hybridized carbons (Fsp3) is 0.381. The third-order valence-corrected chi connectivity index (χ3v) is 4.94. The molecule has 3 rings (SSSR count). The molecule has 132 valence electrons. The summed E-state index contributed by atoms with van der Waals surface area (Å²) >= 11 is 0. The Morgan fingerprint density at radius 2 is 1.84 bits per heavy atom. The first-order valence-electron chi connectivity index (χ1n) is 8.52. The van der Waals surface area contributed by atoms with E-state index >= 15 is 0 Å². The van der Waals surface area contributed by atoms with Crippen molar-refractivity contribution in [3.05, 3.63) is 59.2 Å². The Balaban J connectivity index is 2.16. The van der Waals surface area contributed by atoms with Crippen LogP contribution in [0.2, 0.25) is 0 Å². The van der Waals surface area contributed by atoms with Crippen molar-refractivity contribution in [3.8, 4) is 5.75 Å².